The van der Waals surface area contributed by atoms with Crippen LogP contribution in [0.25, 0.3) is 0 Å². The molecule has 39 heavy (non-hydrogen) atoms. The molecule has 0 bridgehead atoms. The van der Waals surface area contributed by atoms with Gasteiger partial charge in [0, 0.05) is 50.5 Å². The number of nitrogens with one attached hydrogen (secondary N) is 1. The number of hydrogen-bond acceptors (Lipinski definition) is 8. The maximum atomic E-state index is 12.9. The van der Waals surface area contributed by atoms with Crippen molar-refractivity contribution in [2.45, 2.75) is 32.2 Å². The number of hydrogen-bond donors (Lipinski definition) is 1. The van der Waals surface area contributed by atoms with Crippen LogP contribution in [0.5, 0.6) is 5.75 Å². The van der Waals surface area contributed by atoms with Gasteiger partial charge in [-0.2, -0.15) is 0 Å². The highest BCUT2D eigenvalue weighted by atomic mass is 16.7. The van der Waals surface area contributed by atoms with E-state index in [-0.39, 0.29) is 48.2 Å². The zero-order chi connectivity index (χ0) is 27.9. The van der Waals surface area contributed by atoms with Crippen molar-refractivity contribution >= 4 is 29.8 Å². The molecule has 4 amide bonds. The molecule has 4 rings (SSSR count). The van der Waals surface area contributed by atoms with Crippen LogP contribution in [0.1, 0.15) is 67.6 Å². The molecule has 0 spiro atoms. The average molecular weight is 538 g/mol. The molecular weight excluding hydrogens is 506 g/mol. The summed E-state index contributed by atoms with van der Waals surface area (Å²) in [6, 6.07) is 10.6. The van der Waals surface area contributed by atoms with E-state index in [0.717, 1.165) is 0 Å². The van der Waals surface area contributed by atoms with Gasteiger partial charge in [-0.3, -0.25) is 24.1 Å². The van der Waals surface area contributed by atoms with Crippen LogP contribution < -0.4 is 10.1 Å². The smallest absolute Gasteiger partial charge is 0.434 e. The van der Waals surface area contributed by atoms with Crippen molar-refractivity contribution in [3.63, 3.8) is 0 Å². The molecule has 11 heteroatoms. The summed E-state index contributed by atoms with van der Waals surface area (Å²) in [7, 11) is 1.56. The minimum absolute atomic E-state index is 0.141. The first-order valence-electron chi connectivity index (χ1n) is 12.9. The van der Waals surface area contributed by atoms with Crippen molar-refractivity contribution in [3.05, 3.63) is 64.7 Å². The first-order valence-corrected chi connectivity index (χ1v) is 12.9. The lowest BCUT2D eigenvalue weighted by molar-refractivity contribution is 0.0635. The monoisotopic (exact) mass is 537 g/mol. The number of likely N-dealkylation sites (tertiary alicyclic amines) is 1. The van der Waals surface area contributed by atoms with Gasteiger partial charge in [0.15, 0.2) is 0 Å². The van der Waals surface area contributed by atoms with E-state index in [1.165, 1.54) is 29.2 Å². The zero-order valence-corrected chi connectivity index (χ0v) is 21.9. The SMILES string of the molecule is CCOC(=O)Oc1ccc(C(=O)N2CCC(NC(=O)c3ccc4c(c3)C(=O)N(CCCOC)C4=O)CC2)cc1. The van der Waals surface area contributed by atoms with Crippen LogP contribution in [0.2, 0.25) is 0 Å². The fourth-order valence-corrected chi connectivity index (χ4v) is 4.59. The van der Waals surface area contributed by atoms with Gasteiger partial charge in [0.1, 0.15) is 5.75 Å². The first-order chi connectivity index (χ1) is 18.8. The van der Waals surface area contributed by atoms with Gasteiger partial charge in [0.2, 0.25) is 0 Å². The van der Waals surface area contributed by atoms with Gasteiger partial charge in [-0.05, 0) is 68.7 Å². The lowest BCUT2D eigenvalue weighted by Gasteiger charge is -2.32. The minimum Gasteiger partial charge on any atom is -0.434 e. The maximum absolute atomic E-state index is 12.9. The number of fused-ring (bicyclic) bond motifs is 1. The highest BCUT2D eigenvalue weighted by Gasteiger charge is 2.36. The standard InChI is InChI=1S/C28H31N3O8/c1-3-38-28(36)39-21-8-5-18(6-9-21)25(33)30-14-11-20(12-15-30)29-24(32)19-7-10-22-23(17-19)27(35)31(26(22)34)13-4-16-37-2/h5-10,17,20H,3-4,11-16H2,1-2H3,(H,29,32). The minimum atomic E-state index is -0.805. The predicted molar refractivity (Wildman–Crippen MR) is 139 cm³/mol. The predicted octanol–water partition coefficient (Wildman–Crippen LogP) is 2.89. The topological polar surface area (TPSA) is 132 Å². The Bertz CT molecular complexity index is 1250. The summed E-state index contributed by atoms with van der Waals surface area (Å²) in [6.45, 7) is 3.48. The molecule has 0 unspecified atom stereocenters. The number of methoxy groups -OCH3 is 1. The van der Waals surface area contributed by atoms with Gasteiger partial charge < -0.3 is 24.4 Å². The molecule has 0 atom stereocenters. The number of carbonyl (C=O) groups is 5. The Morgan fingerprint density at radius 2 is 1.62 bits per heavy atom. The molecule has 2 aliphatic heterocycles. The number of amides is 4. The summed E-state index contributed by atoms with van der Waals surface area (Å²) in [6.07, 6.45) is 0.862. The molecule has 0 saturated carbocycles. The van der Waals surface area contributed by atoms with E-state index in [1.54, 1.807) is 37.1 Å². The summed E-state index contributed by atoms with van der Waals surface area (Å²) in [5.74, 6) is -0.982. The molecule has 11 nitrogen and oxygen atoms in total. The molecule has 2 heterocycles. The second-order valence-electron chi connectivity index (χ2n) is 9.22. The highest BCUT2D eigenvalue weighted by molar-refractivity contribution is 6.22. The summed E-state index contributed by atoms with van der Waals surface area (Å²) in [4.78, 5) is 65.5. The Kier molecular flexibility index (Phi) is 8.92. The number of imide groups is 1. The van der Waals surface area contributed by atoms with Crippen LogP contribution in [0.4, 0.5) is 4.79 Å². The molecule has 1 saturated heterocycles. The molecule has 2 aromatic carbocycles. The van der Waals surface area contributed by atoms with Crippen molar-refractivity contribution in [1.29, 1.82) is 0 Å². The van der Waals surface area contributed by atoms with E-state index >= 15 is 0 Å². The molecule has 206 valence electrons. The number of carbonyl (C=O) groups excluding carboxylic acids is 5. The maximum Gasteiger partial charge on any atom is 0.513 e. The van der Waals surface area contributed by atoms with Crippen molar-refractivity contribution in [1.82, 2.24) is 15.1 Å². The molecule has 1 N–H and O–H groups in total. The molecule has 0 aliphatic carbocycles. The fourth-order valence-electron chi connectivity index (χ4n) is 4.59. The summed E-state index contributed by atoms with van der Waals surface area (Å²) >= 11 is 0. The number of ether oxygens (including phenoxy) is 3. The third kappa shape index (κ3) is 6.43. The van der Waals surface area contributed by atoms with E-state index in [4.69, 9.17) is 14.2 Å². The highest BCUT2D eigenvalue weighted by Crippen LogP contribution is 2.25. The van der Waals surface area contributed by atoms with Crippen LogP contribution in [0.15, 0.2) is 42.5 Å². The van der Waals surface area contributed by atoms with Crippen LogP contribution in [-0.4, -0.2) is 85.6 Å². The van der Waals surface area contributed by atoms with E-state index in [0.29, 0.717) is 55.6 Å². The third-order valence-electron chi connectivity index (χ3n) is 6.65. The Balaban J connectivity index is 1.29. The molecule has 0 radical (unpaired) electrons. The third-order valence-corrected chi connectivity index (χ3v) is 6.65. The first kappa shape index (κ1) is 27.8. The van der Waals surface area contributed by atoms with E-state index < -0.39 is 12.1 Å². The largest absolute Gasteiger partial charge is 0.513 e. The zero-order valence-electron chi connectivity index (χ0n) is 21.9. The summed E-state index contributed by atoms with van der Waals surface area (Å²) in [5, 5.41) is 2.98. The van der Waals surface area contributed by atoms with Gasteiger partial charge in [-0.15, -0.1) is 0 Å². The molecular formula is C28H31N3O8. The van der Waals surface area contributed by atoms with E-state index in [2.05, 4.69) is 5.32 Å². The fraction of sp³-hybridized carbons (Fsp3) is 0.393. The van der Waals surface area contributed by atoms with Crippen molar-refractivity contribution < 1.29 is 38.2 Å². The number of benzene rings is 2. The van der Waals surface area contributed by atoms with E-state index in [9.17, 15) is 24.0 Å². The van der Waals surface area contributed by atoms with Crippen LogP contribution in [0, 0.1) is 0 Å². The summed E-state index contributed by atoms with van der Waals surface area (Å²) < 4.78 is 14.7. The summed E-state index contributed by atoms with van der Waals surface area (Å²) in [5.41, 5.74) is 1.28. The average Bonchev–Trinajstić information content (AvgIpc) is 3.18. The van der Waals surface area contributed by atoms with Gasteiger partial charge in [0.25, 0.3) is 23.6 Å². The van der Waals surface area contributed by atoms with E-state index in [1.807, 2.05) is 0 Å². The van der Waals surface area contributed by atoms with Gasteiger partial charge >= 0.3 is 6.16 Å². The van der Waals surface area contributed by atoms with Crippen molar-refractivity contribution in [3.8, 4) is 5.75 Å². The van der Waals surface area contributed by atoms with Crippen LogP contribution in [-0.2, 0) is 9.47 Å². The van der Waals surface area contributed by atoms with Crippen LogP contribution >= 0.6 is 0 Å². The molecule has 2 aliphatic rings. The van der Waals surface area contributed by atoms with Gasteiger partial charge in [-0.1, -0.05) is 0 Å². The lowest BCUT2D eigenvalue weighted by Crippen LogP contribution is -2.46. The van der Waals surface area contributed by atoms with Gasteiger partial charge in [-0.25, -0.2) is 4.79 Å². The Hall–Kier alpha value is -4.25. The normalized spacial score (nSPS) is 15.2. The quantitative estimate of drug-likeness (QED) is 0.224. The van der Waals surface area contributed by atoms with Gasteiger partial charge in [0.05, 0.1) is 17.7 Å². The Labute approximate surface area is 226 Å². The van der Waals surface area contributed by atoms with Crippen LogP contribution in [0.3, 0.4) is 0 Å². The molecule has 2 aromatic rings. The second kappa shape index (κ2) is 12.5. The second-order valence-corrected chi connectivity index (χ2v) is 9.22. The number of piperidine rings is 1. The van der Waals surface area contributed by atoms with Crippen molar-refractivity contribution in [2.24, 2.45) is 0 Å². The Morgan fingerprint density at radius 3 is 2.28 bits per heavy atom. The lowest BCUT2D eigenvalue weighted by atomic mass is 10.0. The molecule has 0 aromatic heterocycles. The number of nitrogens with zero attached hydrogens (tertiary/aromatic N) is 2. The Morgan fingerprint density at radius 1 is 0.949 bits per heavy atom. The van der Waals surface area contributed by atoms with Crippen molar-refractivity contribution in [2.75, 3.05) is 40.0 Å². The molecule has 1 fully saturated rings. The number of rotatable bonds is 9.